The molecule has 2 N–H and O–H groups in total. The number of carbonyl (C=O) groups excluding carboxylic acids is 2. The summed E-state index contributed by atoms with van der Waals surface area (Å²) >= 11 is 1.04. The van der Waals surface area contributed by atoms with E-state index in [1.165, 1.54) is 24.0 Å². The summed E-state index contributed by atoms with van der Waals surface area (Å²) in [5, 5.41) is 5.88. The Labute approximate surface area is 132 Å². The van der Waals surface area contributed by atoms with Crippen LogP contribution in [0.1, 0.15) is 16.2 Å². The lowest BCUT2D eigenvalue weighted by Gasteiger charge is -2.07. The largest absolute Gasteiger partial charge is 0.405 e. The maximum absolute atomic E-state index is 12.0. The fourth-order valence-corrected chi connectivity index (χ4v) is 2.15. The second kappa shape index (κ2) is 7.13. The van der Waals surface area contributed by atoms with Crippen LogP contribution in [0.5, 0.6) is 0 Å². The Morgan fingerprint density at radius 2 is 2.04 bits per heavy atom. The van der Waals surface area contributed by atoms with Gasteiger partial charge in [0, 0.05) is 17.8 Å². The average molecular weight is 345 g/mol. The van der Waals surface area contributed by atoms with Crippen LogP contribution in [0, 0.1) is 0 Å². The molecule has 0 aliphatic carbocycles. The molecule has 2 rings (SSSR count). The minimum absolute atomic E-state index is 0.0900. The van der Waals surface area contributed by atoms with E-state index in [1.54, 1.807) is 5.32 Å². The van der Waals surface area contributed by atoms with Crippen LogP contribution in [0.15, 0.2) is 24.0 Å². The van der Waals surface area contributed by atoms with E-state index in [9.17, 15) is 22.8 Å². The standard InChI is InChI=1S/C12H10F3N5O2S/c13-12(14,15)6-18-9(21)3-7-5-23-11(19-7)20-10(22)8-4-16-1-2-17-8/h1-2,4-5H,3,6H2,(H,18,21)(H,19,20,22). The second-order valence-corrected chi connectivity index (χ2v) is 5.12. The van der Waals surface area contributed by atoms with Crippen molar-refractivity contribution < 1.29 is 22.8 Å². The summed E-state index contributed by atoms with van der Waals surface area (Å²) in [6.07, 6.45) is -0.735. The van der Waals surface area contributed by atoms with E-state index in [0.29, 0.717) is 0 Å². The Balaban J connectivity index is 1.88. The van der Waals surface area contributed by atoms with Crippen molar-refractivity contribution in [2.24, 2.45) is 0 Å². The molecule has 0 radical (unpaired) electrons. The van der Waals surface area contributed by atoms with Crippen molar-refractivity contribution >= 4 is 28.3 Å². The van der Waals surface area contributed by atoms with Crippen molar-refractivity contribution in [1.29, 1.82) is 0 Å². The monoisotopic (exact) mass is 345 g/mol. The average Bonchev–Trinajstić information content (AvgIpc) is 2.92. The van der Waals surface area contributed by atoms with Gasteiger partial charge in [0.25, 0.3) is 5.91 Å². The summed E-state index contributed by atoms with van der Waals surface area (Å²) < 4.78 is 35.9. The van der Waals surface area contributed by atoms with E-state index in [1.807, 2.05) is 0 Å². The second-order valence-electron chi connectivity index (χ2n) is 4.26. The van der Waals surface area contributed by atoms with Crippen LogP contribution in [-0.2, 0) is 11.2 Å². The van der Waals surface area contributed by atoms with Gasteiger partial charge in [-0.05, 0) is 0 Å². The van der Waals surface area contributed by atoms with Gasteiger partial charge in [0.1, 0.15) is 12.2 Å². The van der Waals surface area contributed by atoms with Crippen molar-refractivity contribution in [3.8, 4) is 0 Å². The summed E-state index contributed by atoms with van der Waals surface area (Å²) in [6, 6.07) is 0. The van der Waals surface area contributed by atoms with Crippen molar-refractivity contribution in [2.45, 2.75) is 12.6 Å². The fourth-order valence-electron chi connectivity index (χ4n) is 1.45. The molecule has 2 aromatic rings. The molecule has 0 aromatic carbocycles. The van der Waals surface area contributed by atoms with Crippen LogP contribution in [0.2, 0.25) is 0 Å². The third kappa shape index (κ3) is 5.62. The molecule has 0 saturated heterocycles. The zero-order valence-corrected chi connectivity index (χ0v) is 12.2. The number of rotatable bonds is 5. The Bertz CT molecular complexity index is 690. The molecule has 0 aliphatic heterocycles. The Morgan fingerprint density at radius 1 is 1.26 bits per heavy atom. The molecule has 122 valence electrons. The first kappa shape index (κ1) is 16.8. The predicted molar refractivity (Wildman–Crippen MR) is 74.9 cm³/mol. The predicted octanol–water partition coefficient (Wildman–Crippen LogP) is 1.41. The quantitative estimate of drug-likeness (QED) is 0.854. The lowest BCUT2D eigenvalue weighted by atomic mass is 10.3. The molecule has 2 amide bonds. The van der Waals surface area contributed by atoms with Crippen LogP contribution >= 0.6 is 11.3 Å². The van der Waals surface area contributed by atoms with Gasteiger partial charge >= 0.3 is 6.18 Å². The van der Waals surface area contributed by atoms with E-state index < -0.39 is 24.5 Å². The Morgan fingerprint density at radius 3 is 2.70 bits per heavy atom. The van der Waals surface area contributed by atoms with Gasteiger partial charge in [0.15, 0.2) is 5.13 Å². The smallest absolute Gasteiger partial charge is 0.347 e. The molecular formula is C12H10F3N5O2S. The zero-order chi connectivity index (χ0) is 16.9. The van der Waals surface area contributed by atoms with Gasteiger partial charge in [0.2, 0.25) is 5.91 Å². The van der Waals surface area contributed by atoms with Crippen LogP contribution in [0.25, 0.3) is 0 Å². The number of amides is 2. The lowest BCUT2D eigenvalue weighted by molar-refractivity contribution is -0.138. The van der Waals surface area contributed by atoms with Gasteiger partial charge in [-0.15, -0.1) is 11.3 Å². The number of anilines is 1. The first-order chi connectivity index (χ1) is 10.8. The van der Waals surface area contributed by atoms with Gasteiger partial charge in [-0.25, -0.2) is 9.97 Å². The van der Waals surface area contributed by atoms with Crippen LogP contribution in [0.4, 0.5) is 18.3 Å². The number of alkyl halides is 3. The number of hydrogen-bond donors (Lipinski definition) is 2. The maximum atomic E-state index is 12.0. The first-order valence-electron chi connectivity index (χ1n) is 6.19. The van der Waals surface area contributed by atoms with E-state index in [-0.39, 0.29) is 22.9 Å². The van der Waals surface area contributed by atoms with Gasteiger partial charge < -0.3 is 5.32 Å². The number of carbonyl (C=O) groups is 2. The molecule has 0 unspecified atom stereocenters. The molecule has 2 aromatic heterocycles. The third-order valence-electron chi connectivity index (χ3n) is 2.40. The molecule has 0 bridgehead atoms. The Hall–Kier alpha value is -2.56. The summed E-state index contributed by atoms with van der Waals surface area (Å²) in [5.74, 6) is -1.33. The maximum Gasteiger partial charge on any atom is 0.405 e. The molecule has 23 heavy (non-hydrogen) atoms. The number of hydrogen-bond acceptors (Lipinski definition) is 6. The molecule has 7 nitrogen and oxygen atoms in total. The van der Waals surface area contributed by atoms with Crippen molar-refractivity contribution in [1.82, 2.24) is 20.3 Å². The van der Waals surface area contributed by atoms with Gasteiger partial charge in [-0.3, -0.25) is 19.9 Å². The van der Waals surface area contributed by atoms with Gasteiger partial charge in [-0.1, -0.05) is 0 Å². The third-order valence-corrected chi connectivity index (χ3v) is 3.20. The summed E-state index contributed by atoms with van der Waals surface area (Å²) in [7, 11) is 0. The van der Waals surface area contributed by atoms with Crippen molar-refractivity contribution in [3.63, 3.8) is 0 Å². The van der Waals surface area contributed by atoms with E-state index in [2.05, 4.69) is 20.3 Å². The molecule has 0 saturated carbocycles. The van der Waals surface area contributed by atoms with Crippen LogP contribution in [0.3, 0.4) is 0 Å². The van der Waals surface area contributed by atoms with Crippen LogP contribution < -0.4 is 10.6 Å². The summed E-state index contributed by atoms with van der Waals surface area (Å²) in [4.78, 5) is 34.7. The van der Waals surface area contributed by atoms with Crippen molar-refractivity contribution in [2.75, 3.05) is 11.9 Å². The highest BCUT2D eigenvalue weighted by molar-refractivity contribution is 7.14. The molecular weight excluding hydrogens is 335 g/mol. The van der Waals surface area contributed by atoms with Crippen LogP contribution in [-0.4, -0.2) is 39.5 Å². The van der Waals surface area contributed by atoms with Gasteiger partial charge in [-0.2, -0.15) is 13.2 Å². The zero-order valence-electron chi connectivity index (χ0n) is 11.4. The minimum Gasteiger partial charge on any atom is -0.347 e. The van der Waals surface area contributed by atoms with E-state index in [4.69, 9.17) is 0 Å². The molecule has 0 aliphatic rings. The summed E-state index contributed by atoms with van der Waals surface area (Å²) in [5.41, 5.74) is 0.344. The normalized spacial score (nSPS) is 11.1. The fraction of sp³-hybridized carbons (Fsp3) is 0.250. The number of aromatic nitrogens is 3. The first-order valence-corrected chi connectivity index (χ1v) is 7.06. The molecule has 0 spiro atoms. The van der Waals surface area contributed by atoms with E-state index in [0.717, 1.165) is 11.3 Å². The highest BCUT2D eigenvalue weighted by Gasteiger charge is 2.27. The Kier molecular flexibility index (Phi) is 5.21. The molecule has 11 heteroatoms. The van der Waals surface area contributed by atoms with Gasteiger partial charge in [0.05, 0.1) is 18.3 Å². The minimum atomic E-state index is -4.46. The SMILES string of the molecule is O=C(Cc1csc(NC(=O)c2cnccn2)n1)NCC(F)(F)F. The molecule has 0 atom stereocenters. The highest BCUT2D eigenvalue weighted by atomic mass is 32.1. The highest BCUT2D eigenvalue weighted by Crippen LogP contribution is 2.17. The van der Waals surface area contributed by atoms with Crippen molar-refractivity contribution in [3.05, 3.63) is 35.4 Å². The van der Waals surface area contributed by atoms with E-state index >= 15 is 0 Å². The summed E-state index contributed by atoms with van der Waals surface area (Å²) in [6.45, 7) is -1.40. The topological polar surface area (TPSA) is 96.9 Å². The number of nitrogens with one attached hydrogen (secondary N) is 2. The number of thiazole rings is 1. The lowest BCUT2D eigenvalue weighted by Crippen LogP contribution is -2.34. The number of nitrogens with zero attached hydrogens (tertiary/aromatic N) is 3. The molecule has 2 heterocycles. The molecule has 0 fully saturated rings. The number of halogens is 3.